The molecule has 26 heavy (non-hydrogen) atoms. The molecule has 2 aromatic carbocycles. The van der Waals surface area contributed by atoms with Crippen molar-refractivity contribution in [2.24, 2.45) is 14.5 Å². The lowest BCUT2D eigenvalue weighted by molar-refractivity contribution is 0.0998. The van der Waals surface area contributed by atoms with Crippen molar-refractivity contribution in [2.45, 2.75) is 0 Å². The maximum atomic E-state index is 11.7. The summed E-state index contributed by atoms with van der Waals surface area (Å²) in [5.41, 5.74) is 5.71. The number of primary amides is 1. The molecule has 0 fully saturated rings. The summed E-state index contributed by atoms with van der Waals surface area (Å²) in [4.78, 5) is 11.3. The van der Waals surface area contributed by atoms with Gasteiger partial charge in [0.25, 0.3) is 17.1 Å². The average Bonchev–Trinajstić information content (AvgIpc) is 2.93. The molecule has 134 valence electrons. The van der Waals surface area contributed by atoms with Gasteiger partial charge in [-0.1, -0.05) is 35.3 Å². The standard InChI is InChI=1S/C15H11Cl2N5O3S/c16-8-4-2-5-9(11(8)17)19-14-15(22-26(25)21-14)20-10-6-1-3-7(12(10)23)13(18)24/h1-6,23H,(H2,18,24)(H,19,21)(H,20,22). The Kier molecular flexibility index (Phi) is 5.12. The quantitative estimate of drug-likeness (QED) is 0.576. The number of nitrogens with zero attached hydrogens (tertiary/aromatic N) is 2. The Bertz CT molecular complexity index is 993. The van der Waals surface area contributed by atoms with Gasteiger partial charge in [0.15, 0.2) is 17.4 Å². The second-order valence-electron chi connectivity index (χ2n) is 5.03. The molecule has 0 spiro atoms. The summed E-state index contributed by atoms with van der Waals surface area (Å²) in [5, 5.41) is 16.4. The van der Waals surface area contributed by atoms with Crippen molar-refractivity contribution >= 4 is 63.3 Å². The molecule has 5 N–H and O–H groups in total. The molecule has 1 unspecified atom stereocenters. The number of carbonyl (C=O) groups is 1. The number of hydrogen-bond acceptors (Lipinski definition) is 5. The zero-order valence-corrected chi connectivity index (χ0v) is 15.2. The minimum absolute atomic E-state index is 0.0703. The highest BCUT2D eigenvalue weighted by molar-refractivity contribution is 7.83. The molecule has 0 radical (unpaired) electrons. The third-order valence-corrected chi connectivity index (χ3v) is 4.82. The third kappa shape index (κ3) is 3.64. The Hall–Kier alpha value is -2.62. The van der Waals surface area contributed by atoms with E-state index in [4.69, 9.17) is 28.9 Å². The lowest BCUT2D eigenvalue weighted by Gasteiger charge is -2.13. The van der Waals surface area contributed by atoms with Crippen LogP contribution in [0.2, 0.25) is 10.0 Å². The molecule has 1 atom stereocenters. The van der Waals surface area contributed by atoms with Gasteiger partial charge in [-0.15, -0.1) is 8.80 Å². The van der Waals surface area contributed by atoms with Gasteiger partial charge in [-0.25, -0.2) is 4.21 Å². The molecule has 2 aromatic rings. The first kappa shape index (κ1) is 18.2. The molecular formula is C15H11Cl2N5O3S. The average molecular weight is 412 g/mol. The van der Waals surface area contributed by atoms with Gasteiger partial charge in [0.2, 0.25) is 0 Å². The lowest BCUT2D eigenvalue weighted by Crippen LogP contribution is -2.27. The number of aromatic hydroxyl groups is 1. The van der Waals surface area contributed by atoms with Crippen LogP contribution in [0, 0.1) is 0 Å². The maximum Gasteiger partial charge on any atom is 0.269 e. The van der Waals surface area contributed by atoms with E-state index in [0.717, 1.165) is 0 Å². The van der Waals surface area contributed by atoms with Crippen molar-refractivity contribution in [3.8, 4) is 5.75 Å². The number of amidine groups is 2. The van der Waals surface area contributed by atoms with E-state index in [9.17, 15) is 14.1 Å². The monoisotopic (exact) mass is 411 g/mol. The Morgan fingerprint density at radius 3 is 2.27 bits per heavy atom. The molecule has 1 aliphatic rings. The number of carbonyl (C=O) groups excluding carboxylic acids is 1. The molecule has 0 aliphatic carbocycles. The number of halogens is 2. The molecule has 0 bridgehead atoms. The molecular weight excluding hydrogens is 401 g/mol. The van der Waals surface area contributed by atoms with Gasteiger partial charge >= 0.3 is 0 Å². The van der Waals surface area contributed by atoms with Crippen LogP contribution in [0.3, 0.4) is 0 Å². The van der Waals surface area contributed by atoms with Gasteiger partial charge in [-0.2, -0.15) is 0 Å². The fourth-order valence-corrected chi connectivity index (χ4v) is 3.09. The summed E-state index contributed by atoms with van der Waals surface area (Å²) in [6.45, 7) is 0. The van der Waals surface area contributed by atoms with E-state index in [-0.39, 0.29) is 33.7 Å². The molecule has 0 aromatic heterocycles. The van der Waals surface area contributed by atoms with Crippen molar-refractivity contribution in [2.75, 3.05) is 10.6 Å². The summed E-state index contributed by atoms with van der Waals surface area (Å²) < 4.78 is 19.4. The summed E-state index contributed by atoms with van der Waals surface area (Å²) in [5.74, 6) is -0.950. The van der Waals surface area contributed by atoms with Crippen LogP contribution in [0.1, 0.15) is 10.4 Å². The molecule has 1 amide bonds. The minimum Gasteiger partial charge on any atom is -0.505 e. The van der Waals surface area contributed by atoms with Crippen molar-refractivity contribution < 1.29 is 14.1 Å². The van der Waals surface area contributed by atoms with E-state index in [2.05, 4.69) is 19.4 Å². The first-order valence-electron chi connectivity index (χ1n) is 7.06. The number of anilines is 2. The topological polar surface area (TPSA) is 129 Å². The fraction of sp³-hybridized carbons (Fsp3) is 0. The second kappa shape index (κ2) is 7.32. The largest absolute Gasteiger partial charge is 0.505 e. The highest BCUT2D eigenvalue weighted by atomic mass is 35.5. The van der Waals surface area contributed by atoms with Crippen LogP contribution >= 0.6 is 23.2 Å². The smallest absolute Gasteiger partial charge is 0.269 e. The number of benzene rings is 2. The zero-order chi connectivity index (χ0) is 18.8. The van der Waals surface area contributed by atoms with E-state index in [1.54, 1.807) is 18.2 Å². The first-order valence-corrected chi connectivity index (χ1v) is 8.88. The number of hydrogen-bond donors (Lipinski definition) is 4. The number of nitrogens with one attached hydrogen (secondary N) is 2. The van der Waals surface area contributed by atoms with Crippen LogP contribution in [-0.2, 0) is 11.2 Å². The number of para-hydroxylation sites is 1. The number of phenols is 1. The Balaban J connectivity index is 1.89. The number of rotatable bonds is 3. The minimum atomic E-state index is -1.86. The summed E-state index contributed by atoms with van der Waals surface area (Å²) in [7, 11) is 0. The van der Waals surface area contributed by atoms with Crippen LogP contribution < -0.4 is 16.4 Å². The first-order chi connectivity index (χ1) is 12.4. The Morgan fingerprint density at radius 2 is 1.62 bits per heavy atom. The highest BCUT2D eigenvalue weighted by Gasteiger charge is 2.22. The molecule has 1 aliphatic heterocycles. The summed E-state index contributed by atoms with van der Waals surface area (Å²) >= 11 is 10.2. The van der Waals surface area contributed by atoms with Gasteiger partial charge in [0, 0.05) is 0 Å². The SMILES string of the molecule is NC(=O)c1cccc(NC2=NS(=O)N=C2Nc2cccc(Cl)c2Cl)c1O. The van der Waals surface area contributed by atoms with E-state index >= 15 is 0 Å². The van der Waals surface area contributed by atoms with Gasteiger partial charge in [0.1, 0.15) is 0 Å². The molecule has 0 saturated heterocycles. The second-order valence-corrected chi connectivity index (χ2v) is 6.64. The van der Waals surface area contributed by atoms with Crippen LogP contribution in [0.4, 0.5) is 11.4 Å². The fourth-order valence-electron chi connectivity index (χ4n) is 2.13. The van der Waals surface area contributed by atoms with Crippen molar-refractivity contribution in [3.05, 3.63) is 52.0 Å². The van der Waals surface area contributed by atoms with E-state index in [1.807, 2.05) is 0 Å². The summed E-state index contributed by atoms with van der Waals surface area (Å²) in [6.07, 6.45) is 0. The van der Waals surface area contributed by atoms with E-state index in [0.29, 0.717) is 10.7 Å². The number of nitrogens with two attached hydrogens (primary N) is 1. The zero-order valence-electron chi connectivity index (χ0n) is 12.9. The normalized spacial score (nSPS) is 16.0. The van der Waals surface area contributed by atoms with Crippen LogP contribution in [0.5, 0.6) is 5.75 Å². The van der Waals surface area contributed by atoms with Gasteiger partial charge in [-0.3, -0.25) is 4.79 Å². The van der Waals surface area contributed by atoms with Crippen LogP contribution in [-0.4, -0.2) is 26.9 Å². The van der Waals surface area contributed by atoms with Crippen molar-refractivity contribution in [1.82, 2.24) is 0 Å². The third-order valence-electron chi connectivity index (χ3n) is 3.32. The lowest BCUT2D eigenvalue weighted by atomic mass is 10.1. The van der Waals surface area contributed by atoms with Crippen molar-refractivity contribution in [3.63, 3.8) is 0 Å². The molecule has 8 nitrogen and oxygen atoms in total. The van der Waals surface area contributed by atoms with Gasteiger partial charge < -0.3 is 21.5 Å². The molecule has 11 heteroatoms. The predicted octanol–water partition coefficient (Wildman–Crippen LogP) is 2.71. The maximum absolute atomic E-state index is 11.7. The van der Waals surface area contributed by atoms with Gasteiger partial charge in [0.05, 0.1) is 27.0 Å². The Labute approximate surface area is 160 Å². The highest BCUT2D eigenvalue weighted by Crippen LogP contribution is 2.31. The van der Waals surface area contributed by atoms with Gasteiger partial charge in [-0.05, 0) is 24.3 Å². The van der Waals surface area contributed by atoms with E-state index < -0.39 is 17.1 Å². The van der Waals surface area contributed by atoms with Crippen LogP contribution in [0.15, 0.2) is 45.2 Å². The molecule has 3 rings (SSSR count). The molecule has 1 heterocycles. The van der Waals surface area contributed by atoms with Crippen LogP contribution in [0.25, 0.3) is 0 Å². The van der Waals surface area contributed by atoms with Crippen molar-refractivity contribution in [1.29, 1.82) is 0 Å². The van der Waals surface area contributed by atoms with E-state index in [1.165, 1.54) is 18.2 Å². The Morgan fingerprint density at radius 1 is 1.04 bits per heavy atom. The predicted molar refractivity (Wildman–Crippen MR) is 103 cm³/mol. The molecule has 0 saturated carbocycles. The summed E-state index contributed by atoms with van der Waals surface area (Å²) in [6, 6.07) is 9.33. The number of amides is 1.